The van der Waals surface area contributed by atoms with Crippen LogP contribution in [0.4, 0.5) is 5.69 Å². The van der Waals surface area contributed by atoms with Gasteiger partial charge in [0.15, 0.2) is 0 Å². The van der Waals surface area contributed by atoms with Gasteiger partial charge >= 0.3 is 0 Å². The van der Waals surface area contributed by atoms with Crippen molar-refractivity contribution in [1.82, 2.24) is 4.90 Å². The van der Waals surface area contributed by atoms with Crippen molar-refractivity contribution in [2.24, 2.45) is 0 Å². The first kappa shape index (κ1) is 18.7. The Kier molecular flexibility index (Phi) is 4.76. The Bertz CT molecular complexity index is 1090. The molecule has 0 aliphatic carbocycles. The maximum absolute atomic E-state index is 13.0. The summed E-state index contributed by atoms with van der Waals surface area (Å²) in [6.07, 6.45) is 0. The van der Waals surface area contributed by atoms with E-state index in [4.69, 9.17) is 4.74 Å². The molecule has 146 valence electrons. The predicted molar refractivity (Wildman–Crippen MR) is 110 cm³/mol. The van der Waals surface area contributed by atoms with Gasteiger partial charge in [-0.2, -0.15) is 0 Å². The number of methoxy groups -OCH3 is 1. The Morgan fingerprint density at radius 2 is 1.55 bits per heavy atom. The lowest BCUT2D eigenvalue weighted by molar-refractivity contribution is -0.116. The highest BCUT2D eigenvalue weighted by Gasteiger charge is 2.33. The number of rotatable bonds is 5. The molecule has 1 aliphatic rings. The molecule has 0 unspecified atom stereocenters. The summed E-state index contributed by atoms with van der Waals surface area (Å²) in [5.41, 5.74) is 1.61. The zero-order chi connectivity index (χ0) is 20.5. The Morgan fingerprint density at radius 1 is 0.931 bits per heavy atom. The number of amides is 3. The highest BCUT2D eigenvalue weighted by Crippen LogP contribution is 2.31. The SMILES string of the molecule is COc1ccccc1N(CCN1C(=O)c2cccc3cccc(c23)C1=O)C(C)=O. The van der Waals surface area contributed by atoms with Crippen LogP contribution in [0.2, 0.25) is 0 Å². The molecule has 1 heterocycles. The van der Waals surface area contributed by atoms with Gasteiger partial charge < -0.3 is 9.64 Å². The summed E-state index contributed by atoms with van der Waals surface area (Å²) in [7, 11) is 1.53. The molecular weight excluding hydrogens is 368 g/mol. The molecule has 0 N–H and O–H groups in total. The number of benzene rings is 3. The van der Waals surface area contributed by atoms with Crippen LogP contribution in [-0.2, 0) is 4.79 Å². The summed E-state index contributed by atoms with van der Waals surface area (Å²) >= 11 is 0. The van der Waals surface area contributed by atoms with E-state index in [2.05, 4.69) is 0 Å². The molecule has 0 spiro atoms. The second kappa shape index (κ2) is 7.39. The molecule has 0 atom stereocenters. The molecule has 3 aromatic rings. The van der Waals surface area contributed by atoms with Crippen molar-refractivity contribution in [3.05, 3.63) is 71.8 Å². The van der Waals surface area contributed by atoms with Gasteiger partial charge in [0.2, 0.25) is 5.91 Å². The van der Waals surface area contributed by atoms with Gasteiger partial charge in [0.25, 0.3) is 11.8 Å². The second-order valence-corrected chi connectivity index (χ2v) is 6.81. The smallest absolute Gasteiger partial charge is 0.261 e. The predicted octanol–water partition coefficient (Wildman–Crippen LogP) is 3.50. The van der Waals surface area contributed by atoms with E-state index in [0.29, 0.717) is 28.0 Å². The Morgan fingerprint density at radius 3 is 2.14 bits per heavy atom. The Labute approximate surface area is 168 Å². The molecule has 0 fully saturated rings. The van der Waals surface area contributed by atoms with E-state index in [1.807, 2.05) is 36.4 Å². The van der Waals surface area contributed by atoms with Crippen molar-refractivity contribution in [3.63, 3.8) is 0 Å². The minimum atomic E-state index is -0.345. The third-order valence-corrected chi connectivity index (χ3v) is 5.16. The molecule has 4 rings (SSSR count). The maximum Gasteiger partial charge on any atom is 0.261 e. The average Bonchev–Trinajstić information content (AvgIpc) is 2.74. The first-order valence-electron chi connectivity index (χ1n) is 9.32. The van der Waals surface area contributed by atoms with Gasteiger partial charge in [-0.05, 0) is 29.7 Å². The zero-order valence-electron chi connectivity index (χ0n) is 16.2. The number of carbonyl (C=O) groups excluding carboxylic acids is 3. The number of para-hydroxylation sites is 2. The van der Waals surface area contributed by atoms with Crippen LogP contribution in [-0.4, -0.2) is 42.8 Å². The summed E-state index contributed by atoms with van der Waals surface area (Å²) < 4.78 is 5.35. The molecule has 6 heteroatoms. The number of anilines is 1. The number of carbonyl (C=O) groups is 3. The molecule has 1 aliphatic heterocycles. The molecule has 0 bridgehead atoms. The third-order valence-electron chi connectivity index (χ3n) is 5.16. The topological polar surface area (TPSA) is 66.9 Å². The van der Waals surface area contributed by atoms with Crippen LogP contribution in [0.1, 0.15) is 27.6 Å². The quantitative estimate of drug-likeness (QED) is 0.628. The van der Waals surface area contributed by atoms with Crippen LogP contribution < -0.4 is 9.64 Å². The maximum atomic E-state index is 13.0. The van der Waals surface area contributed by atoms with Crippen LogP contribution in [0.25, 0.3) is 10.8 Å². The Hall–Kier alpha value is -3.67. The molecule has 0 aromatic heterocycles. The van der Waals surface area contributed by atoms with E-state index < -0.39 is 0 Å². The molecule has 0 saturated carbocycles. The summed E-state index contributed by atoms with van der Waals surface area (Å²) in [5.74, 6) is -0.339. The molecular formula is C23H20N2O4. The fraction of sp³-hybridized carbons (Fsp3) is 0.174. The fourth-order valence-electron chi connectivity index (χ4n) is 3.78. The standard InChI is InChI=1S/C23H20N2O4/c1-15(26)24(19-11-3-4-12-20(19)29-2)13-14-25-22(27)17-9-5-7-16-8-6-10-18(21(16)17)23(25)28/h3-12H,13-14H2,1-2H3. The van der Waals surface area contributed by atoms with Crippen molar-refractivity contribution < 1.29 is 19.1 Å². The first-order chi connectivity index (χ1) is 14.0. The first-order valence-corrected chi connectivity index (χ1v) is 9.32. The van der Waals surface area contributed by atoms with Crippen molar-refractivity contribution in [3.8, 4) is 5.75 Å². The number of nitrogens with zero attached hydrogens (tertiary/aromatic N) is 2. The van der Waals surface area contributed by atoms with Crippen molar-refractivity contribution in [1.29, 1.82) is 0 Å². The average molecular weight is 388 g/mol. The lowest BCUT2D eigenvalue weighted by Crippen LogP contribution is -2.45. The minimum absolute atomic E-state index is 0.0834. The third kappa shape index (κ3) is 3.12. The van der Waals surface area contributed by atoms with Gasteiger partial charge in [-0.25, -0.2) is 0 Å². The number of imide groups is 1. The lowest BCUT2D eigenvalue weighted by atomic mass is 9.94. The summed E-state index contributed by atoms with van der Waals surface area (Å²) in [5, 5.41) is 1.55. The van der Waals surface area contributed by atoms with Crippen LogP contribution in [0.15, 0.2) is 60.7 Å². The van der Waals surface area contributed by atoms with E-state index in [0.717, 1.165) is 5.39 Å². The van der Waals surface area contributed by atoms with Gasteiger partial charge in [0.05, 0.1) is 12.8 Å². The van der Waals surface area contributed by atoms with E-state index in [1.165, 1.54) is 23.8 Å². The van der Waals surface area contributed by atoms with Crippen LogP contribution in [0.5, 0.6) is 5.75 Å². The summed E-state index contributed by atoms with van der Waals surface area (Å²) in [6.45, 7) is 1.70. The van der Waals surface area contributed by atoms with E-state index in [9.17, 15) is 14.4 Å². The number of hydrogen-bond donors (Lipinski definition) is 0. The van der Waals surface area contributed by atoms with Crippen LogP contribution in [0.3, 0.4) is 0 Å². The van der Waals surface area contributed by atoms with Crippen molar-refractivity contribution in [2.75, 3.05) is 25.1 Å². The fourth-order valence-corrected chi connectivity index (χ4v) is 3.78. The van der Waals surface area contributed by atoms with Crippen molar-refractivity contribution in [2.45, 2.75) is 6.92 Å². The van der Waals surface area contributed by atoms with Crippen LogP contribution in [0, 0.1) is 0 Å². The van der Waals surface area contributed by atoms with Gasteiger partial charge in [-0.1, -0.05) is 36.4 Å². The molecule has 0 radical (unpaired) electrons. The van der Waals surface area contributed by atoms with Gasteiger partial charge in [0.1, 0.15) is 5.75 Å². The van der Waals surface area contributed by atoms with Gasteiger partial charge in [-0.3, -0.25) is 19.3 Å². The molecule has 3 amide bonds. The monoisotopic (exact) mass is 388 g/mol. The van der Waals surface area contributed by atoms with E-state index in [-0.39, 0.29) is 30.8 Å². The van der Waals surface area contributed by atoms with E-state index >= 15 is 0 Å². The molecule has 29 heavy (non-hydrogen) atoms. The van der Waals surface area contributed by atoms with Crippen molar-refractivity contribution >= 4 is 34.2 Å². The zero-order valence-corrected chi connectivity index (χ0v) is 16.2. The molecule has 6 nitrogen and oxygen atoms in total. The highest BCUT2D eigenvalue weighted by molar-refractivity contribution is 6.25. The van der Waals surface area contributed by atoms with Gasteiger partial charge in [-0.15, -0.1) is 0 Å². The lowest BCUT2D eigenvalue weighted by Gasteiger charge is -2.30. The number of hydrogen-bond acceptors (Lipinski definition) is 4. The van der Waals surface area contributed by atoms with Crippen LogP contribution >= 0.6 is 0 Å². The molecule has 0 saturated heterocycles. The van der Waals surface area contributed by atoms with Gasteiger partial charge in [0, 0.05) is 36.5 Å². The second-order valence-electron chi connectivity index (χ2n) is 6.81. The Balaban J connectivity index is 1.65. The molecule has 3 aromatic carbocycles. The number of ether oxygens (including phenoxy) is 1. The van der Waals surface area contributed by atoms with E-state index in [1.54, 1.807) is 24.3 Å². The summed E-state index contributed by atoms with van der Waals surface area (Å²) in [6, 6.07) is 18.0. The largest absolute Gasteiger partial charge is 0.495 e. The highest BCUT2D eigenvalue weighted by atomic mass is 16.5. The normalized spacial score (nSPS) is 13.0. The summed E-state index contributed by atoms with van der Waals surface area (Å²) in [4.78, 5) is 41.1. The minimum Gasteiger partial charge on any atom is -0.495 e.